The molecule has 1 aromatic rings. The molecule has 1 aliphatic carbocycles. The Morgan fingerprint density at radius 1 is 1.10 bits per heavy atom. The van der Waals surface area contributed by atoms with E-state index in [1.54, 1.807) is 0 Å². The van der Waals surface area contributed by atoms with E-state index in [4.69, 9.17) is 4.74 Å². The van der Waals surface area contributed by atoms with E-state index in [-0.39, 0.29) is 23.8 Å². The van der Waals surface area contributed by atoms with Crippen LogP contribution in [-0.4, -0.2) is 20.0 Å². The van der Waals surface area contributed by atoms with Gasteiger partial charge in [-0.3, -0.25) is 9.59 Å². The monoisotopic (exact) mass is 300 g/mol. The predicted octanol–water partition coefficient (Wildman–Crippen LogP) is 2.64. The summed E-state index contributed by atoms with van der Waals surface area (Å²) in [6, 6.07) is 11.7. The van der Waals surface area contributed by atoms with E-state index >= 15 is 0 Å². The summed E-state index contributed by atoms with van der Waals surface area (Å²) in [6.45, 7) is 4.71. The van der Waals surface area contributed by atoms with Crippen molar-refractivity contribution < 1.29 is 14.3 Å². The van der Waals surface area contributed by atoms with Crippen LogP contribution in [0.15, 0.2) is 42.0 Å². The van der Waals surface area contributed by atoms with Gasteiger partial charge in [0.2, 0.25) is 0 Å². The highest BCUT2D eigenvalue weighted by Crippen LogP contribution is 2.38. The Morgan fingerprint density at radius 3 is 2.48 bits per heavy atom. The van der Waals surface area contributed by atoms with Gasteiger partial charge < -0.3 is 4.74 Å². The van der Waals surface area contributed by atoms with Crippen molar-refractivity contribution in [3.05, 3.63) is 42.0 Å². The lowest BCUT2D eigenvalue weighted by Crippen LogP contribution is -2.41. The highest BCUT2D eigenvalue weighted by atomic mass is 28.3. The fourth-order valence-corrected chi connectivity index (χ4v) is 6.15. The van der Waals surface area contributed by atoms with Crippen molar-refractivity contribution in [2.75, 3.05) is 0 Å². The van der Waals surface area contributed by atoms with Crippen LogP contribution in [0.3, 0.4) is 0 Å². The molecule has 4 heteroatoms. The molecule has 0 N–H and O–H groups in total. The van der Waals surface area contributed by atoms with Crippen molar-refractivity contribution in [2.24, 2.45) is 11.8 Å². The minimum absolute atomic E-state index is 0.234. The van der Waals surface area contributed by atoms with E-state index in [0.717, 1.165) is 6.04 Å². The summed E-state index contributed by atoms with van der Waals surface area (Å²) in [5.74, 6) is -1.13. The van der Waals surface area contributed by atoms with Gasteiger partial charge in [-0.05, 0) is 18.9 Å². The molecule has 0 amide bonds. The van der Waals surface area contributed by atoms with Gasteiger partial charge in [0.25, 0.3) is 0 Å². The average Bonchev–Trinajstić information content (AvgIpc) is 2.74. The van der Waals surface area contributed by atoms with Crippen LogP contribution in [0, 0.1) is 11.8 Å². The summed E-state index contributed by atoms with van der Waals surface area (Å²) < 4.78 is 4.77. The molecule has 1 aliphatic heterocycles. The number of carbonyl (C=O) groups is 2. The number of hydrogen-bond acceptors (Lipinski definition) is 3. The largest absolute Gasteiger partial charge is 0.393 e. The van der Waals surface area contributed by atoms with Gasteiger partial charge in [-0.15, -0.1) is 0 Å². The number of esters is 2. The lowest BCUT2D eigenvalue weighted by molar-refractivity contribution is -0.153. The molecule has 0 saturated carbocycles. The van der Waals surface area contributed by atoms with E-state index in [1.165, 1.54) is 10.8 Å². The van der Waals surface area contributed by atoms with Gasteiger partial charge in [-0.25, -0.2) is 0 Å². The smallest absolute Gasteiger partial charge is 0.317 e. The SMILES string of the molecule is C[Si](C)(CC1=CC[C@@H]2C(=O)OC(=O)[C@H]2C1)c1ccccc1. The number of fused-ring (bicyclic) bond motifs is 1. The molecule has 2 aliphatic rings. The van der Waals surface area contributed by atoms with Crippen LogP contribution in [0.25, 0.3) is 0 Å². The first kappa shape index (κ1) is 14.3. The highest BCUT2D eigenvalue weighted by molar-refractivity contribution is 6.90. The zero-order valence-corrected chi connectivity index (χ0v) is 13.5. The molecule has 3 rings (SSSR count). The zero-order valence-electron chi connectivity index (χ0n) is 12.5. The predicted molar refractivity (Wildman–Crippen MR) is 83.8 cm³/mol. The van der Waals surface area contributed by atoms with Crippen LogP contribution in [0.1, 0.15) is 12.8 Å². The van der Waals surface area contributed by atoms with Crippen molar-refractivity contribution in [2.45, 2.75) is 32.0 Å². The molecule has 1 fully saturated rings. The third-order valence-corrected chi connectivity index (χ3v) is 7.89. The minimum atomic E-state index is -1.56. The van der Waals surface area contributed by atoms with Crippen molar-refractivity contribution in [1.82, 2.24) is 0 Å². The molecule has 1 aromatic carbocycles. The molecule has 0 aromatic heterocycles. The standard InChI is InChI=1S/C17H20O3Si/c1-21(2,13-6-4-3-5-7-13)11-12-8-9-14-15(10-12)17(19)20-16(14)18/h3-8,14-15H,9-11H2,1-2H3/t14-,15-/m0/s1. The second-order valence-corrected chi connectivity index (χ2v) is 11.4. The number of hydrogen-bond donors (Lipinski definition) is 0. The summed E-state index contributed by atoms with van der Waals surface area (Å²) in [4.78, 5) is 23.3. The summed E-state index contributed by atoms with van der Waals surface area (Å²) in [7, 11) is -1.56. The summed E-state index contributed by atoms with van der Waals surface area (Å²) in [5.41, 5.74) is 1.32. The Kier molecular flexibility index (Phi) is 3.57. The van der Waals surface area contributed by atoms with Crippen LogP contribution in [0.2, 0.25) is 19.1 Å². The Labute approximate surface area is 126 Å². The van der Waals surface area contributed by atoms with Gasteiger partial charge in [0.05, 0.1) is 19.9 Å². The van der Waals surface area contributed by atoms with Crippen LogP contribution in [-0.2, 0) is 14.3 Å². The van der Waals surface area contributed by atoms with Gasteiger partial charge in [-0.1, -0.05) is 60.3 Å². The van der Waals surface area contributed by atoms with Crippen LogP contribution in [0.5, 0.6) is 0 Å². The molecule has 0 bridgehead atoms. The zero-order chi connectivity index (χ0) is 15.0. The average molecular weight is 300 g/mol. The first-order valence-corrected chi connectivity index (χ1v) is 10.7. The van der Waals surface area contributed by atoms with E-state index < -0.39 is 8.07 Å². The molecule has 0 unspecified atom stereocenters. The Balaban J connectivity index is 1.76. The van der Waals surface area contributed by atoms with E-state index in [2.05, 4.69) is 43.4 Å². The Morgan fingerprint density at radius 2 is 1.76 bits per heavy atom. The summed E-state index contributed by atoms with van der Waals surface area (Å²) in [5, 5.41) is 1.43. The Hall–Kier alpha value is -1.68. The molecule has 110 valence electrons. The molecule has 21 heavy (non-hydrogen) atoms. The molecule has 1 saturated heterocycles. The van der Waals surface area contributed by atoms with Gasteiger partial charge in [0.15, 0.2) is 0 Å². The first-order valence-electron chi connectivity index (χ1n) is 7.46. The molecule has 0 radical (unpaired) electrons. The molecular weight excluding hydrogens is 280 g/mol. The van der Waals surface area contributed by atoms with Crippen molar-refractivity contribution >= 4 is 25.2 Å². The van der Waals surface area contributed by atoms with E-state index in [0.29, 0.717) is 12.8 Å². The second kappa shape index (κ2) is 5.26. The van der Waals surface area contributed by atoms with Gasteiger partial charge in [-0.2, -0.15) is 0 Å². The molecular formula is C17H20O3Si. The normalized spacial score (nSPS) is 25.3. The Bertz CT molecular complexity index is 604. The number of ether oxygens (including phenoxy) is 1. The van der Waals surface area contributed by atoms with Crippen molar-refractivity contribution in [3.8, 4) is 0 Å². The van der Waals surface area contributed by atoms with Gasteiger partial charge in [0, 0.05) is 0 Å². The van der Waals surface area contributed by atoms with Gasteiger partial charge >= 0.3 is 11.9 Å². The van der Waals surface area contributed by atoms with Crippen molar-refractivity contribution in [1.29, 1.82) is 0 Å². The van der Waals surface area contributed by atoms with Crippen molar-refractivity contribution in [3.63, 3.8) is 0 Å². The van der Waals surface area contributed by atoms with Gasteiger partial charge in [0.1, 0.15) is 0 Å². The fraction of sp³-hybridized carbons (Fsp3) is 0.412. The molecule has 1 heterocycles. The molecule has 2 atom stereocenters. The van der Waals surface area contributed by atoms with Crippen LogP contribution >= 0.6 is 0 Å². The summed E-state index contributed by atoms with van der Waals surface area (Å²) in [6.07, 6.45) is 3.51. The quantitative estimate of drug-likeness (QED) is 0.373. The first-order chi connectivity index (χ1) is 9.97. The molecule has 3 nitrogen and oxygen atoms in total. The number of allylic oxidation sites excluding steroid dienone is 2. The van der Waals surface area contributed by atoms with Crippen LogP contribution in [0.4, 0.5) is 0 Å². The fourth-order valence-electron chi connectivity index (χ4n) is 3.43. The number of cyclic esters (lactones) is 2. The van der Waals surface area contributed by atoms with E-state index in [1.807, 2.05) is 6.07 Å². The molecule has 0 spiro atoms. The van der Waals surface area contributed by atoms with Crippen LogP contribution < -0.4 is 5.19 Å². The van der Waals surface area contributed by atoms with E-state index in [9.17, 15) is 9.59 Å². The third kappa shape index (κ3) is 2.72. The highest BCUT2D eigenvalue weighted by Gasteiger charge is 2.45. The number of carbonyl (C=O) groups excluding carboxylic acids is 2. The maximum absolute atomic E-state index is 11.7. The maximum Gasteiger partial charge on any atom is 0.317 e. The third-order valence-electron chi connectivity index (χ3n) is 4.66. The topological polar surface area (TPSA) is 43.4 Å². The lowest BCUT2D eigenvalue weighted by Gasteiger charge is -2.28. The summed E-state index contributed by atoms with van der Waals surface area (Å²) >= 11 is 0. The lowest BCUT2D eigenvalue weighted by atomic mass is 9.82. The number of rotatable bonds is 3. The second-order valence-electron chi connectivity index (χ2n) is 6.68. The number of benzene rings is 1. The maximum atomic E-state index is 11.7. The minimum Gasteiger partial charge on any atom is -0.393 e.